The molecule has 0 aliphatic carbocycles. The van der Waals surface area contributed by atoms with Crippen LogP contribution >= 0.6 is 0 Å². The molecule has 1 saturated heterocycles. The van der Waals surface area contributed by atoms with Gasteiger partial charge in [0.1, 0.15) is 5.75 Å². The largest absolute Gasteiger partial charge is 0.494 e. The van der Waals surface area contributed by atoms with E-state index in [0.717, 1.165) is 50.5 Å². The van der Waals surface area contributed by atoms with Crippen molar-refractivity contribution in [3.05, 3.63) is 29.8 Å². The van der Waals surface area contributed by atoms with Gasteiger partial charge in [-0.2, -0.15) is 0 Å². The van der Waals surface area contributed by atoms with Crippen LogP contribution in [0.5, 0.6) is 5.75 Å². The van der Waals surface area contributed by atoms with Gasteiger partial charge in [0.15, 0.2) is 0 Å². The number of carbonyl (C=O) groups is 1. The Hall–Kier alpha value is -1.55. The highest BCUT2D eigenvalue weighted by Gasteiger charge is 2.21. The number of amides is 1. The van der Waals surface area contributed by atoms with Crippen molar-refractivity contribution in [2.75, 3.05) is 39.3 Å². The minimum Gasteiger partial charge on any atom is -0.494 e. The van der Waals surface area contributed by atoms with Crippen molar-refractivity contribution in [1.29, 1.82) is 0 Å². The van der Waals surface area contributed by atoms with E-state index in [2.05, 4.69) is 18.7 Å². The molecule has 20 heavy (non-hydrogen) atoms. The Kier molecular flexibility index (Phi) is 5.41. The topological polar surface area (TPSA) is 32.8 Å². The van der Waals surface area contributed by atoms with Gasteiger partial charge in [0.05, 0.1) is 6.61 Å². The van der Waals surface area contributed by atoms with E-state index in [1.807, 2.05) is 29.2 Å². The maximum Gasteiger partial charge on any atom is 0.254 e. The quantitative estimate of drug-likeness (QED) is 0.827. The van der Waals surface area contributed by atoms with Gasteiger partial charge < -0.3 is 14.5 Å². The average Bonchev–Trinajstić information content (AvgIpc) is 2.52. The molecule has 4 nitrogen and oxygen atoms in total. The van der Waals surface area contributed by atoms with Crippen molar-refractivity contribution >= 4 is 5.91 Å². The lowest BCUT2D eigenvalue weighted by molar-refractivity contribution is 0.0643. The summed E-state index contributed by atoms with van der Waals surface area (Å²) in [6.45, 7) is 9.53. The Balaban J connectivity index is 1.98. The van der Waals surface area contributed by atoms with Crippen LogP contribution in [0.2, 0.25) is 0 Å². The monoisotopic (exact) mass is 276 g/mol. The molecule has 1 aromatic carbocycles. The molecule has 0 bridgehead atoms. The van der Waals surface area contributed by atoms with Gasteiger partial charge in [-0.15, -0.1) is 0 Å². The van der Waals surface area contributed by atoms with Crippen molar-refractivity contribution in [2.45, 2.75) is 20.3 Å². The maximum atomic E-state index is 12.5. The molecule has 0 radical (unpaired) electrons. The number of carbonyl (C=O) groups excluding carboxylic acids is 1. The van der Waals surface area contributed by atoms with E-state index in [9.17, 15) is 4.79 Å². The number of ether oxygens (including phenoxy) is 1. The summed E-state index contributed by atoms with van der Waals surface area (Å²) < 4.78 is 5.59. The summed E-state index contributed by atoms with van der Waals surface area (Å²) >= 11 is 0. The molecule has 0 unspecified atom stereocenters. The van der Waals surface area contributed by atoms with Crippen LogP contribution < -0.4 is 4.74 Å². The second-order valence-electron chi connectivity index (χ2n) is 5.10. The SMILES string of the molecule is CCCOc1cccc(C(=O)N2CCN(CC)CC2)c1. The summed E-state index contributed by atoms with van der Waals surface area (Å²) in [5.74, 6) is 0.896. The normalized spacial score (nSPS) is 16.2. The van der Waals surface area contributed by atoms with Gasteiger partial charge in [0.25, 0.3) is 5.91 Å². The Morgan fingerprint density at radius 1 is 1.20 bits per heavy atom. The first-order valence-electron chi connectivity index (χ1n) is 7.49. The molecule has 0 atom stereocenters. The number of hydrogen-bond acceptors (Lipinski definition) is 3. The van der Waals surface area contributed by atoms with Crippen LogP contribution in [0.4, 0.5) is 0 Å². The second-order valence-corrected chi connectivity index (χ2v) is 5.10. The van der Waals surface area contributed by atoms with Gasteiger partial charge >= 0.3 is 0 Å². The Morgan fingerprint density at radius 2 is 1.95 bits per heavy atom. The van der Waals surface area contributed by atoms with Crippen molar-refractivity contribution in [2.24, 2.45) is 0 Å². The van der Waals surface area contributed by atoms with Gasteiger partial charge in [-0.1, -0.05) is 19.9 Å². The molecule has 1 fully saturated rings. The first-order chi connectivity index (χ1) is 9.74. The standard InChI is InChI=1S/C16H24N2O2/c1-3-12-20-15-7-5-6-14(13-15)16(19)18-10-8-17(4-2)9-11-18/h5-7,13H,3-4,8-12H2,1-2H3. The van der Waals surface area contributed by atoms with E-state index in [4.69, 9.17) is 4.74 Å². The van der Waals surface area contributed by atoms with Gasteiger partial charge in [0.2, 0.25) is 0 Å². The zero-order chi connectivity index (χ0) is 14.4. The van der Waals surface area contributed by atoms with Crippen LogP contribution in [0.15, 0.2) is 24.3 Å². The number of benzene rings is 1. The van der Waals surface area contributed by atoms with Crippen molar-refractivity contribution in [3.8, 4) is 5.75 Å². The molecule has 4 heteroatoms. The number of hydrogen-bond donors (Lipinski definition) is 0. The van der Waals surface area contributed by atoms with Crippen LogP contribution in [-0.4, -0.2) is 55.0 Å². The summed E-state index contributed by atoms with van der Waals surface area (Å²) in [6, 6.07) is 7.51. The molecule has 1 aliphatic rings. The molecular weight excluding hydrogens is 252 g/mol. The molecule has 1 aliphatic heterocycles. The predicted octanol–water partition coefficient (Wildman–Crippen LogP) is 2.25. The van der Waals surface area contributed by atoms with E-state index >= 15 is 0 Å². The maximum absolute atomic E-state index is 12.5. The lowest BCUT2D eigenvalue weighted by atomic mass is 10.1. The highest BCUT2D eigenvalue weighted by molar-refractivity contribution is 5.94. The molecule has 1 aromatic rings. The van der Waals surface area contributed by atoms with Gasteiger partial charge in [-0.3, -0.25) is 4.79 Å². The third-order valence-corrected chi connectivity index (χ3v) is 3.66. The fourth-order valence-corrected chi connectivity index (χ4v) is 2.39. The van der Waals surface area contributed by atoms with Crippen LogP contribution in [0.25, 0.3) is 0 Å². The highest BCUT2D eigenvalue weighted by atomic mass is 16.5. The van der Waals surface area contributed by atoms with Crippen molar-refractivity contribution < 1.29 is 9.53 Å². The number of rotatable bonds is 5. The van der Waals surface area contributed by atoms with Crippen LogP contribution in [0.1, 0.15) is 30.6 Å². The number of likely N-dealkylation sites (N-methyl/N-ethyl adjacent to an activating group) is 1. The minimum atomic E-state index is 0.114. The summed E-state index contributed by atoms with van der Waals surface area (Å²) in [5.41, 5.74) is 0.726. The molecule has 0 N–H and O–H groups in total. The van der Waals surface area contributed by atoms with E-state index in [-0.39, 0.29) is 5.91 Å². The predicted molar refractivity (Wildman–Crippen MR) is 80.2 cm³/mol. The highest BCUT2D eigenvalue weighted by Crippen LogP contribution is 2.16. The van der Waals surface area contributed by atoms with Crippen LogP contribution in [-0.2, 0) is 0 Å². The van der Waals surface area contributed by atoms with Gasteiger partial charge in [-0.05, 0) is 31.2 Å². The summed E-state index contributed by atoms with van der Waals surface area (Å²) in [4.78, 5) is 16.8. The van der Waals surface area contributed by atoms with Gasteiger partial charge in [-0.25, -0.2) is 0 Å². The number of nitrogens with zero attached hydrogens (tertiary/aromatic N) is 2. The second kappa shape index (κ2) is 7.29. The molecule has 2 rings (SSSR count). The van der Waals surface area contributed by atoms with E-state index < -0.39 is 0 Å². The molecule has 0 saturated carbocycles. The van der Waals surface area contributed by atoms with Crippen LogP contribution in [0, 0.1) is 0 Å². The molecule has 0 aromatic heterocycles. The number of piperazine rings is 1. The molecule has 1 heterocycles. The van der Waals surface area contributed by atoms with Crippen molar-refractivity contribution in [1.82, 2.24) is 9.80 Å². The fourth-order valence-electron chi connectivity index (χ4n) is 2.39. The first kappa shape index (κ1) is 14.9. The van der Waals surface area contributed by atoms with E-state index in [1.165, 1.54) is 0 Å². The average molecular weight is 276 g/mol. The summed E-state index contributed by atoms with van der Waals surface area (Å²) in [7, 11) is 0. The summed E-state index contributed by atoms with van der Waals surface area (Å²) in [5, 5.41) is 0. The molecule has 0 spiro atoms. The lowest BCUT2D eigenvalue weighted by Gasteiger charge is -2.34. The smallest absolute Gasteiger partial charge is 0.254 e. The lowest BCUT2D eigenvalue weighted by Crippen LogP contribution is -2.48. The Labute approximate surface area is 121 Å². The van der Waals surface area contributed by atoms with Crippen molar-refractivity contribution in [3.63, 3.8) is 0 Å². The first-order valence-corrected chi connectivity index (χ1v) is 7.49. The van der Waals surface area contributed by atoms with E-state index in [0.29, 0.717) is 6.61 Å². The minimum absolute atomic E-state index is 0.114. The molecule has 1 amide bonds. The molecular formula is C16H24N2O2. The van der Waals surface area contributed by atoms with Gasteiger partial charge in [0, 0.05) is 31.7 Å². The van der Waals surface area contributed by atoms with E-state index in [1.54, 1.807) is 0 Å². The van der Waals surface area contributed by atoms with Crippen LogP contribution in [0.3, 0.4) is 0 Å². The zero-order valence-electron chi connectivity index (χ0n) is 12.5. The third kappa shape index (κ3) is 3.73. The molecule has 110 valence electrons. The zero-order valence-corrected chi connectivity index (χ0v) is 12.5. The Morgan fingerprint density at radius 3 is 2.60 bits per heavy atom. The summed E-state index contributed by atoms with van der Waals surface area (Å²) in [6.07, 6.45) is 0.969. The fraction of sp³-hybridized carbons (Fsp3) is 0.562. The Bertz CT molecular complexity index is 440. The third-order valence-electron chi connectivity index (χ3n) is 3.66.